The van der Waals surface area contributed by atoms with Crippen LogP contribution >= 0.6 is 34.8 Å². The highest BCUT2D eigenvalue weighted by molar-refractivity contribution is 6.67. The Labute approximate surface area is 265 Å². The second-order valence-electron chi connectivity index (χ2n) is 9.59. The first-order chi connectivity index (χ1) is 21.1. The summed E-state index contributed by atoms with van der Waals surface area (Å²) in [6, 6.07) is 20.1. The number of carbonyl (C=O) groups excluding carboxylic acids is 5. The van der Waals surface area contributed by atoms with Crippen LogP contribution in [0.15, 0.2) is 72.8 Å². The number of benzene rings is 4. The zero-order valence-electron chi connectivity index (χ0n) is 22.6. The minimum absolute atomic E-state index is 0.0957. The van der Waals surface area contributed by atoms with Crippen LogP contribution in [0.1, 0.15) is 69.5 Å². The summed E-state index contributed by atoms with van der Waals surface area (Å²) in [6.07, 6.45) is 0. The van der Waals surface area contributed by atoms with Crippen LogP contribution in [0.3, 0.4) is 0 Å². The summed E-state index contributed by atoms with van der Waals surface area (Å²) in [5, 5.41) is -0.508. The first-order valence-electron chi connectivity index (χ1n) is 13.0. The molecule has 0 unspecified atom stereocenters. The van der Waals surface area contributed by atoms with Crippen LogP contribution in [0.5, 0.6) is 0 Å². The molecule has 0 saturated carbocycles. The van der Waals surface area contributed by atoms with Gasteiger partial charge in [-0.3, -0.25) is 24.0 Å². The van der Waals surface area contributed by atoms with E-state index in [1.165, 1.54) is 0 Å². The lowest BCUT2D eigenvalue weighted by molar-refractivity contribution is -0.109. The third-order valence-corrected chi connectivity index (χ3v) is 7.76. The Morgan fingerprint density at radius 3 is 1.61 bits per heavy atom. The predicted octanol–water partition coefficient (Wildman–Crippen LogP) is 5.69. The number of rotatable bonds is 2. The molecule has 5 N–H and O–H groups in total. The van der Waals surface area contributed by atoms with Gasteiger partial charge in [0.25, 0.3) is 0 Å². The van der Waals surface area contributed by atoms with E-state index in [0.29, 0.717) is 61.5 Å². The number of nitrogen functional groups attached to an aromatic ring is 2. The number of alkyl halides is 2. The second kappa shape index (κ2) is 12.4. The van der Waals surface area contributed by atoms with Gasteiger partial charge in [-0.05, 0) is 35.9 Å². The quantitative estimate of drug-likeness (QED) is 0.122. The monoisotopic (exact) mass is 646 g/mol. The molecule has 0 saturated heterocycles. The second-order valence-corrected chi connectivity index (χ2v) is 10.5. The molecule has 0 aliphatic heterocycles. The summed E-state index contributed by atoms with van der Waals surface area (Å²) in [7, 11) is 0. The van der Waals surface area contributed by atoms with Gasteiger partial charge in [0.1, 0.15) is 11.3 Å². The molecule has 1 heterocycles. The first-order valence-corrected chi connectivity index (χ1v) is 14.4. The number of aromatic nitrogens is 2. The van der Waals surface area contributed by atoms with Crippen molar-refractivity contribution in [1.29, 1.82) is 0 Å². The van der Waals surface area contributed by atoms with Gasteiger partial charge in [-0.15, -0.1) is 23.2 Å². The maximum absolute atomic E-state index is 12.7. The summed E-state index contributed by atoms with van der Waals surface area (Å²) >= 11 is 15.3. The molecule has 220 valence electrons. The number of H-pyrrole nitrogens is 1. The lowest BCUT2D eigenvalue weighted by atomic mass is 9.83. The molecule has 5 aromatic rings. The van der Waals surface area contributed by atoms with E-state index < -0.39 is 5.24 Å². The standard InChI is InChI=1S/C16H9ClN2O2.C14H10N2O2.C2H2Cl2O/c17-7-12-18-11-6-5-10-13(14(11)19-12)16(21)9-4-2-1-3-8(9)15(10)20;15-10-6-5-9-11(12(10)16)14(18)8-4-2-1-3-7(8)13(9)17;3-1-2(4)5/h1-6H,7H2,(H,18,19);1-6H,15-16H2;1H2. The zero-order valence-corrected chi connectivity index (χ0v) is 24.9. The van der Waals surface area contributed by atoms with Gasteiger partial charge in [0.05, 0.1) is 39.8 Å². The fourth-order valence-electron chi connectivity index (χ4n) is 5.00. The Hall–Kier alpha value is -4.83. The highest BCUT2D eigenvalue weighted by Gasteiger charge is 2.33. The Morgan fingerprint density at radius 1 is 0.659 bits per heavy atom. The number of aromatic amines is 1. The highest BCUT2D eigenvalue weighted by Crippen LogP contribution is 2.34. The largest absolute Gasteiger partial charge is 0.397 e. The maximum atomic E-state index is 12.7. The number of fused-ring (bicyclic) bond motifs is 6. The minimum Gasteiger partial charge on any atom is -0.397 e. The van der Waals surface area contributed by atoms with Crippen molar-refractivity contribution in [2.24, 2.45) is 0 Å². The number of imidazole rings is 1. The van der Waals surface area contributed by atoms with E-state index in [0.717, 1.165) is 0 Å². The Kier molecular flexibility index (Phi) is 8.64. The van der Waals surface area contributed by atoms with Gasteiger partial charge in [0.15, 0.2) is 23.1 Å². The van der Waals surface area contributed by atoms with Crippen LogP contribution in [0, 0.1) is 0 Å². The number of ketones is 4. The van der Waals surface area contributed by atoms with E-state index in [2.05, 4.69) is 9.97 Å². The molecule has 4 aromatic carbocycles. The number of hydrogen-bond acceptors (Lipinski definition) is 8. The van der Waals surface area contributed by atoms with E-state index in [9.17, 15) is 24.0 Å². The average molecular weight is 648 g/mol. The molecule has 2 aliphatic carbocycles. The number of halogens is 3. The van der Waals surface area contributed by atoms with Crippen LogP contribution in [-0.2, 0) is 10.7 Å². The maximum Gasteiger partial charge on any atom is 0.236 e. The molecule has 9 nitrogen and oxygen atoms in total. The Bertz CT molecular complexity index is 2040. The van der Waals surface area contributed by atoms with Crippen LogP contribution in [0.25, 0.3) is 11.0 Å². The molecule has 2 aliphatic rings. The summed E-state index contributed by atoms with van der Waals surface area (Å²) in [5.74, 6) is -0.0315. The van der Waals surface area contributed by atoms with Crippen LogP contribution < -0.4 is 11.5 Å². The topological polar surface area (TPSA) is 166 Å². The Morgan fingerprint density at radius 2 is 1.11 bits per heavy atom. The van der Waals surface area contributed by atoms with Gasteiger partial charge >= 0.3 is 0 Å². The van der Waals surface area contributed by atoms with Gasteiger partial charge in [0, 0.05) is 33.4 Å². The van der Waals surface area contributed by atoms with Gasteiger partial charge in [0.2, 0.25) is 5.24 Å². The van der Waals surface area contributed by atoms with Crippen LogP contribution in [0.4, 0.5) is 11.4 Å². The highest BCUT2D eigenvalue weighted by atomic mass is 35.5. The van der Waals surface area contributed by atoms with Gasteiger partial charge in [-0.1, -0.05) is 48.5 Å². The number of carbonyl (C=O) groups is 5. The minimum atomic E-state index is -0.508. The smallest absolute Gasteiger partial charge is 0.236 e. The molecule has 0 radical (unpaired) electrons. The lowest BCUT2D eigenvalue weighted by Crippen LogP contribution is -2.22. The summed E-state index contributed by atoms with van der Waals surface area (Å²) in [6.45, 7) is 0. The molecule has 7 rings (SSSR count). The van der Waals surface area contributed by atoms with Crippen molar-refractivity contribution in [3.8, 4) is 0 Å². The van der Waals surface area contributed by atoms with Crippen molar-refractivity contribution in [3.05, 3.63) is 123 Å². The van der Waals surface area contributed by atoms with Crippen LogP contribution in [-0.4, -0.2) is 44.2 Å². The molecular formula is C32H21Cl3N4O5. The zero-order chi connectivity index (χ0) is 31.7. The van der Waals surface area contributed by atoms with Crippen LogP contribution in [0.2, 0.25) is 0 Å². The predicted molar refractivity (Wildman–Crippen MR) is 169 cm³/mol. The molecule has 0 amide bonds. The van der Waals surface area contributed by atoms with E-state index >= 15 is 0 Å². The summed E-state index contributed by atoms with van der Waals surface area (Å²) in [5.41, 5.74) is 16.2. The number of anilines is 2. The van der Waals surface area contributed by atoms with Crippen molar-refractivity contribution in [2.75, 3.05) is 17.3 Å². The van der Waals surface area contributed by atoms with E-state index in [-0.39, 0.29) is 46.1 Å². The fourth-order valence-corrected chi connectivity index (χ4v) is 5.12. The number of nitrogens with zero attached hydrogens (tertiary/aromatic N) is 1. The number of nitrogens with one attached hydrogen (secondary N) is 1. The number of hydrogen-bond donors (Lipinski definition) is 3. The summed E-state index contributed by atoms with van der Waals surface area (Å²) < 4.78 is 0. The first kappa shape index (κ1) is 30.6. The molecule has 1 aromatic heterocycles. The van der Waals surface area contributed by atoms with Crippen molar-refractivity contribution in [1.82, 2.24) is 9.97 Å². The average Bonchev–Trinajstić information content (AvgIpc) is 3.48. The van der Waals surface area contributed by atoms with Crippen molar-refractivity contribution >= 4 is 85.6 Å². The normalized spacial score (nSPS) is 12.6. The van der Waals surface area contributed by atoms with E-state index in [1.807, 2.05) is 0 Å². The molecule has 0 bridgehead atoms. The van der Waals surface area contributed by atoms with Crippen molar-refractivity contribution in [3.63, 3.8) is 0 Å². The molecule has 0 fully saturated rings. The third kappa shape index (κ3) is 5.37. The fraction of sp³-hybridized carbons (Fsp3) is 0.0625. The molecule has 0 atom stereocenters. The van der Waals surface area contributed by atoms with E-state index in [4.69, 9.17) is 46.3 Å². The lowest BCUT2D eigenvalue weighted by Gasteiger charge is -2.19. The summed E-state index contributed by atoms with van der Waals surface area (Å²) in [4.78, 5) is 66.7. The SMILES string of the molecule is Nc1ccc2c(c1N)C(=O)c1ccccc1C2=O.O=C(Cl)CCl.O=C1c2ccccc2C(=O)c2c1ccc1[nH]c(CCl)nc21. The molecule has 0 spiro atoms. The van der Waals surface area contributed by atoms with Crippen molar-refractivity contribution in [2.45, 2.75) is 5.88 Å². The molecule has 44 heavy (non-hydrogen) atoms. The third-order valence-electron chi connectivity index (χ3n) is 6.99. The van der Waals surface area contributed by atoms with Gasteiger partial charge in [-0.2, -0.15) is 0 Å². The molecular weight excluding hydrogens is 627 g/mol. The van der Waals surface area contributed by atoms with Gasteiger partial charge < -0.3 is 16.5 Å². The molecule has 12 heteroatoms. The van der Waals surface area contributed by atoms with E-state index in [1.54, 1.807) is 72.8 Å². The van der Waals surface area contributed by atoms with Gasteiger partial charge in [-0.25, -0.2) is 4.98 Å². The Balaban J connectivity index is 0.000000153. The van der Waals surface area contributed by atoms with Crippen molar-refractivity contribution < 1.29 is 24.0 Å². The number of nitrogens with two attached hydrogens (primary N) is 2.